The van der Waals surface area contributed by atoms with E-state index in [0.29, 0.717) is 6.54 Å². The Hall–Kier alpha value is -1.91. The fourth-order valence-electron chi connectivity index (χ4n) is 4.19. The smallest absolute Gasteiger partial charge is 0.223 e. The monoisotopic (exact) mass is 352 g/mol. The van der Waals surface area contributed by atoms with Crippen molar-refractivity contribution in [1.82, 2.24) is 10.2 Å². The molecule has 4 heteroatoms. The zero-order valence-electron chi connectivity index (χ0n) is 15.3. The van der Waals surface area contributed by atoms with Gasteiger partial charge >= 0.3 is 0 Å². The van der Waals surface area contributed by atoms with Crippen LogP contribution in [-0.2, 0) is 16.1 Å². The predicted molar refractivity (Wildman–Crippen MR) is 104 cm³/mol. The average molecular weight is 352 g/mol. The van der Waals surface area contributed by atoms with E-state index in [1.165, 1.54) is 16.3 Å². The molecule has 2 aromatic rings. The van der Waals surface area contributed by atoms with E-state index in [0.717, 1.165) is 51.9 Å². The standard InChI is InChI=1S/C22H28N2O2/c25-22(23-15-20-8-4-14-26-20)18-10-12-24(13-11-18)16-19-7-3-6-17-5-1-2-9-21(17)19/h1-3,5-7,9,18,20H,4,8,10-16H2,(H,23,25)/t20-/m1/s1. The lowest BCUT2D eigenvalue weighted by atomic mass is 9.95. The highest BCUT2D eigenvalue weighted by molar-refractivity contribution is 5.85. The maximum atomic E-state index is 12.4. The van der Waals surface area contributed by atoms with Crippen molar-refractivity contribution in [3.8, 4) is 0 Å². The van der Waals surface area contributed by atoms with Crippen LogP contribution in [-0.4, -0.2) is 43.2 Å². The summed E-state index contributed by atoms with van der Waals surface area (Å²) in [7, 11) is 0. The van der Waals surface area contributed by atoms with E-state index in [1.54, 1.807) is 0 Å². The van der Waals surface area contributed by atoms with Gasteiger partial charge in [-0.2, -0.15) is 0 Å². The molecule has 0 aliphatic carbocycles. The number of likely N-dealkylation sites (tertiary alicyclic amines) is 1. The van der Waals surface area contributed by atoms with Gasteiger partial charge in [0.25, 0.3) is 0 Å². The van der Waals surface area contributed by atoms with E-state index in [-0.39, 0.29) is 17.9 Å². The second kappa shape index (κ2) is 8.19. The first-order valence-corrected chi connectivity index (χ1v) is 9.88. The molecule has 2 aromatic carbocycles. The Morgan fingerprint density at radius 2 is 1.88 bits per heavy atom. The van der Waals surface area contributed by atoms with Crippen molar-refractivity contribution in [3.05, 3.63) is 48.0 Å². The zero-order valence-corrected chi connectivity index (χ0v) is 15.3. The highest BCUT2D eigenvalue weighted by Gasteiger charge is 2.26. The first-order chi connectivity index (χ1) is 12.8. The highest BCUT2D eigenvalue weighted by Crippen LogP contribution is 2.23. The Kier molecular flexibility index (Phi) is 5.51. The molecule has 0 spiro atoms. The Morgan fingerprint density at radius 1 is 1.08 bits per heavy atom. The molecule has 138 valence electrons. The lowest BCUT2D eigenvalue weighted by Crippen LogP contribution is -2.42. The van der Waals surface area contributed by atoms with E-state index in [4.69, 9.17) is 4.74 Å². The van der Waals surface area contributed by atoms with Gasteiger partial charge in [0.05, 0.1) is 6.10 Å². The summed E-state index contributed by atoms with van der Waals surface area (Å²) in [6, 6.07) is 15.1. The lowest BCUT2D eigenvalue weighted by molar-refractivity contribution is -0.127. The minimum absolute atomic E-state index is 0.153. The van der Waals surface area contributed by atoms with Gasteiger partial charge in [-0.15, -0.1) is 0 Å². The Bertz CT molecular complexity index is 741. The molecule has 0 saturated carbocycles. The molecule has 2 saturated heterocycles. The van der Waals surface area contributed by atoms with Crippen LogP contribution >= 0.6 is 0 Å². The van der Waals surface area contributed by atoms with E-state index in [1.807, 2.05) is 0 Å². The van der Waals surface area contributed by atoms with Crippen molar-refractivity contribution in [3.63, 3.8) is 0 Å². The average Bonchev–Trinajstić information content (AvgIpc) is 3.21. The van der Waals surface area contributed by atoms with Gasteiger partial charge in [-0.05, 0) is 55.1 Å². The van der Waals surface area contributed by atoms with Crippen molar-refractivity contribution in [2.45, 2.75) is 38.3 Å². The van der Waals surface area contributed by atoms with Gasteiger partial charge in [-0.1, -0.05) is 42.5 Å². The molecular formula is C22H28N2O2. The number of piperidine rings is 1. The fourth-order valence-corrected chi connectivity index (χ4v) is 4.19. The van der Waals surface area contributed by atoms with Crippen molar-refractivity contribution >= 4 is 16.7 Å². The van der Waals surface area contributed by atoms with Crippen LogP contribution in [0.25, 0.3) is 10.8 Å². The van der Waals surface area contributed by atoms with Gasteiger partial charge in [-0.3, -0.25) is 9.69 Å². The molecule has 4 rings (SSSR count). The van der Waals surface area contributed by atoms with Crippen LogP contribution < -0.4 is 5.32 Å². The van der Waals surface area contributed by atoms with E-state index >= 15 is 0 Å². The minimum atomic E-state index is 0.153. The number of rotatable bonds is 5. The zero-order chi connectivity index (χ0) is 17.8. The Labute approximate surface area is 155 Å². The third kappa shape index (κ3) is 4.08. The van der Waals surface area contributed by atoms with Gasteiger partial charge in [0.2, 0.25) is 5.91 Å². The molecule has 0 bridgehead atoms. The van der Waals surface area contributed by atoms with Crippen molar-refractivity contribution in [2.75, 3.05) is 26.2 Å². The van der Waals surface area contributed by atoms with Crippen molar-refractivity contribution in [1.29, 1.82) is 0 Å². The molecule has 2 aliphatic rings. The summed E-state index contributed by atoms with van der Waals surface area (Å²) in [6.07, 6.45) is 4.31. The van der Waals surface area contributed by atoms with Crippen LogP contribution in [0, 0.1) is 5.92 Å². The number of hydrogen-bond acceptors (Lipinski definition) is 3. The summed E-state index contributed by atoms with van der Waals surface area (Å²) in [5, 5.41) is 5.74. The third-order valence-corrected chi connectivity index (χ3v) is 5.76. The summed E-state index contributed by atoms with van der Waals surface area (Å²) in [4.78, 5) is 14.9. The van der Waals surface area contributed by atoms with Crippen LogP contribution in [0.3, 0.4) is 0 Å². The Morgan fingerprint density at radius 3 is 2.69 bits per heavy atom. The number of fused-ring (bicyclic) bond motifs is 1. The third-order valence-electron chi connectivity index (χ3n) is 5.76. The van der Waals surface area contributed by atoms with Gasteiger partial charge < -0.3 is 10.1 Å². The summed E-state index contributed by atoms with van der Waals surface area (Å²) >= 11 is 0. The summed E-state index contributed by atoms with van der Waals surface area (Å²) < 4.78 is 5.59. The molecule has 1 atom stereocenters. The second-order valence-electron chi connectivity index (χ2n) is 7.57. The summed E-state index contributed by atoms with van der Waals surface area (Å²) in [6.45, 7) is 4.45. The fraction of sp³-hybridized carbons (Fsp3) is 0.500. The number of nitrogens with one attached hydrogen (secondary N) is 1. The van der Waals surface area contributed by atoms with Gasteiger partial charge in [0.15, 0.2) is 0 Å². The number of amides is 1. The number of carbonyl (C=O) groups excluding carboxylic acids is 1. The van der Waals surface area contributed by atoms with E-state index < -0.39 is 0 Å². The molecule has 1 N–H and O–H groups in total. The molecule has 4 nitrogen and oxygen atoms in total. The second-order valence-corrected chi connectivity index (χ2v) is 7.57. The quantitative estimate of drug-likeness (QED) is 0.897. The number of hydrogen-bond donors (Lipinski definition) is 1. The number of ether oxygens (including phenoxy) is 1. The summed E-state index contributed by atoms with van der Waals surface area (Å²) in [5.41, 5.74) is 1.38. The maximum absolute atomic E-state index is 12.4. The van der Waals surface area contributed by atoms with E-state index in [2.05, 4.69) is 52.7 Å². The molecule has 0 radical (unpaired) electrons. The predicted octanol–water partition coefficient (Wildman–Crippen LogP) is 3.35. The van der Waals surface area contributed by atoms with Crippen LogP contribution in [0.4, 0.5) is 0 Å². The van der Waals surface area contributed by atoms with Crippen LogP contribution in [0.15, 0.2) is 42.5 Å². The number of carbonyl (C=O) groups is 1. The largest absolute Gasteiger partial charge is 0.376 e. The minimum Gasteiger partial charge on any atom is -0.376 e. The lowest BCUT2D eigenvalue weighted by Gasteiger charge is -2.31. The maximum Gasteiger partial charge on any atom is 0.223 e. The van der Waals surface area contributed by atoms with Gasteiger partial charge in [0, 0.05) is 25.6 Å². The SMILES string of the molecule is O=C(NC[C@H]1CCCO1)C1CCN(Cc2cccc3ccccc23)CC1. The van der Waals surface area contributed by atoms with Gasteiger partial charge in [-0.25, -0.2) is 0 Å². The van der Waals surface area contributed by atoms with Crippen LogP contribution in [0.1, 0.15) is 31.2 Å². The molecule has 0 aromatic heterocycles. The molecular weight excluding hydrogens is 324 g/mol. The number of nitrogens with zero attached hydrogens (tertiary/aromatic N) is 1. The first-order valence-electron chi connectivity index (χ1n) is 9.88. The van der Waals surface area contributed by atoms with Gasteiger partial charge in [0.1, 0.15) is 0 Å². The van der Waals surface area contributed by atoms with Crippen molar-refractivity contribution in [2.24, 2.45) is 5.92 Å². The first kappa shape index (κ1) is 17.5. The Balaban J connectivity index is 1.28. The topological polar surface area (TPSA) is 41.6 Å². The van der Waals surface area contributed by atoms with E-state index in [9.17, 15) is 4.79 Å². The molecule has 26 heavy (non-hydrogen) atoms. The molecule has 0 unspecified atom stereocenters. The summed E-state index contributed by atoms with van der Waals surface area (Å²) in [5.74, 6) is 0.366. The van der Waals surface area contributed by atoms with Crippen LogP contribution in [0.5, 0.6) is 0 Å². The highest BCUT2D eigenvalue weighted by atomic mass is 16.5. The molecule has 2 fully saturated rings. The normalized spacial score (nSPS) is 21.9. The molecule has 2 heterocycles. The molecule has 1 amide bonds. The number of benzene rings is 2. The molecule has 2 aliphatic heterocycles. The van der Waals surface area contributed by atoms with Crippen LogP contribution in [0.2, 0.25) is 0 Å². The van der Waals surface area contributed by atoms with Crippen molar-refractivity contribution < 1.29 is 9.53 Å².